The van der Waals surface area contributed by atoms with Crippen molar-refractivity contribution in [2.45, 2.75) is 168 Å². The van der Waals surface area contributed by atoms with Gasteiger partial charge in [0.15, 0.2) is 5.78 Å². The number of aromatic nitrogens is 1. The Kier molecular flexibility index (Phi) is 18.5. The summed E-state index contributed by atoms with van der Waals surface area (Å²) in [5, 5.41) is 14.1. The summed E-state index contributed by atoms with van der Waals surface area (Å²) in [7, 11) is 0. The number of benzene rings is 3. The molecule has 4 aromatic rings. The molecule has 60 heavy (non-hydrogen) atoms. The molecule has 0 spiro atoms. The van der Waals surface area contributed by atoms with E-state index in [9.17, 15) is 9.90 Å². The quantitative estimate of drug-likeness (QED) is 0.0825. The fourth-order valence-electron chi connectivity index (χ4n) is 11.2. The third kappa shape index (κ3) is 12.9. The average molecular weight is 993 g/mol. The molecule has 0 bridgehead atoms. The number of carbonyl (C=O) groups is 1. The molecule has 0 atom stereocenters. The molecule has 0 saturated heterocycles. The number of pyridine rings is 1. The van der Waals surface area contributed by atoms with Gasteiger partial charge in [-0.25, -0.2) is 0 Å². The van der Waals surface area contributed by atoms with Crippen LogP contribution in [0.5, 0.6) is 0 Å². The zero-order chi connectivity index (χ0) is 44.1. The van der Waals surface area contributed by atoms with Gasteiger partial charge in [-0.1, -0.05) is 145 Å². The van der Waals surface area contributed by atoms with Crippen LogP contribution in [0.15, 0.2) is 60.4 Å². The topological polar surface area (TPSA) is 50.2 Å². The van der Waals surface area contributed by atoms with Crippen LogP contribution in [0.25, 0.3) is 32.9 Å². The van der Waals surface area contributed by atoms with Crippen molar-refractivity contribution in [1.29, 1.82) is 0 Å². The van der Waals surface area contributed by atoms with Crippen molar-refractivity contribution in [3.05, 3.63) is 88.7 Å². The molecule has 1 N–H and O–H groups in total. The minimum atomic E-state index is -0.0119. The molecule has 1 aliphatic rings. The Morgan fingerprint density at radius 3 is 1.83 bits per heavy atom. The molecule has 1 aliphatic carbocycles. The van der Waals surface area contributed by atoms with Crippen molar-refractivity contribution >= 4 is 27.5 Å². The van der Waals surface area contributed by atoms with Crippen molar-refractivity contribution in [2.24, 2.45) is 52.8 Å². The molecular weight excluding hydrogens is 911 g/mol. The van der Waals surface area contributed by atoms with E-state index in [-0.39, 0.29) is 48.9 Å². The third-order valence-electron chi connectivity index (χ3n) is 13.1. The smallest absolute Gasteiger partial charge is 0.162 e. The molecule has 0 amide bonds. The summed E-state index contributed by atoms with van der Waals surface area (Å²) in [5.74, 6) is 3.73. The van der Waals surface area contributed by atoms with Crippen LogP contribution in [0.1, 0.15) is 171 Å². The van der Waals surface area contributed by atoms with E-state index in [0.29, 0.717) is 35.0 Å². The second kappa shape index (κ2) is 21.5. The van der Waals surface area contributed by atoms with Gasteiger partial charge in [0, 0.05) is 49.1 Å². The zero-order valence-corrected chi connectivity index (χ0v) is 43.2. The molecule has 1 saturated carbocycles. The van der Waals surface area contributed by atoms with Crippen molar-refractivity contribution in [2.75, 3.05) is 0 Å². The van der Waals surface area contributed by atoms with E-state index in [1.54, 1.807) is 0 Å². The van der Waals surface area contributed by atoms with Crippen LogP contribution in [0.4, 0.5) is 0 Å². The first-order chi connectivity index (χ1) is 27.4. The molecule has 333 valence electrons. The number of aliphatic hydroxyl groups excluding tert-OH is 1. The number of aliphatic hydroxyl groups is 1. The molecular formula is C56H82IrNO2-. The van der Waals surface area contributed by atoms with Crippen molar-refractivity contribution in [1.82, 2.24) is 4.98 Å². The summed E-state index contributed by atoms with van der Waals surface area (Å²) in [6.45, 7) is 37.7. The Bertz CT molecular complexity index is 2020. The second-order valence-corrected chi connectivity index (χ2v) is 21.9. The van der Waals surface area contributed by atoms with Gasteiger partial charge < -0.3 is 5.11 Å². The summed E-state index contributed by atoms with van der Waals surface area (Å²) in [6.07, 6.45) is 9.44. The summed E-state index contributed by atoms with van der Waals surface area (Å²) >= 11 is 0. The molecule has 4 heteroatoms. The van der Waals surface area contributed by atoms with Gasteiger partial charge in [-0.2, -0.15) is 0 Å². The number of allylic oxidation sites excluding steroid dienone is 2. The Morgan fingerprint density at radius 2 is 1.33 bits per heavy atom. The minimum Gasteiger partial charge on any atom is -0.512 e. The molecule has 0 unspecified atom stereocenters. The monoisotopic (exact) mass is 994 g/mol. The van der Waals surface area contributed by atoms with Crippen LogP contribution in [0, 0.1) is 72.7 Å². The summed E-state index contributed by atoms with van der Waals surface area (Å²) in [5.41, 5.74) is 9.41. The molecule has 5 rings (SSSR count). The SMILES string of the molecule is CC(C)C(C(=O)/C=C(\O)C(C(C)C)C(C)C)C(C)C.Cc1cc(C)c2c(C3CCC(CC(C)C)(CC(C)C)CC3)cc(-c3[c-]c4ccccc4c(C(C)(C)C)c3)nc2c1.[Ir]. The summed E-state index contributed by atoms with van der Waals surface area (Å²) in [4.78, 5) is 17.7. The van der Waals surface area contributed by atoms with Gasteiger partial charge in [0.1, 0.15) is 0 Å². The second-order valence-electron chi connectivity index (χ2n) is 21.9. The third-order valence-corrected chi connectivity index (χ3v) is 13.1. The Balaban J connectivity index is 0.000000409. The van der Waals surface area contributed by atoms with Crippen LogP contribution in [-0.4, -0.2) is 15.9 Å². The predicted molar refractivity (Wildman–Crippen MR) is 256 cm³/mol. The number of ketones is 1. The first-order valence-electron chi connectivity index (χ1n) is 23.3. The number of hydrogen-bond donors (Lipinski definition) is 1. The molecule has 0 aliphatic heterocycles. The molecule has 1 aromatic heterocycles. The van der Waals surface area contributed by atoms with E-state index in [1.165, 1.54) is 83.0 Å². The van der Waals surface area contributed by atoms with Gasteiger partial charge >= 0.3 is 0 Å². The number of aryl methyl sites for hydroxylation is 2. The number of hydrogen-bond acceptors (Lipinski definition) is 3. The van der Waals surface area contributed by atoms with E-state index in [2.05, 4.69) is 172 Å². The fraction of sp³-hybridized carbons (Fsp3) is 0.607. The van der Waals surface area contributed by atoms with Gasteiger partial charge in [-0.3, -0.25) is 9.78 Å². The molecule has 3 nitrogen and oxygen atoms in total. The van der Waals surface area contributed by atoms with Gasteiger partial charge in [-0.15, -0.1) is 29.1 Å². The molecule has 1 radical (unpaired) electrons. The average Bonchev–Trinajstić information content (AvgIpc) is 3.09. The van der Waals surface area contributed by atoms with Crippen molar-refractivity contribution in [3.63, 3.8) is 0 Å². The van der Waals surface area contributed by atoms with E-state index < -0.39 is 0 Å². The number of rotatable bonds is 13. The van der Waals surface area contributed by atoms with Gasteiger partial charge in [0.05, 0.1) is 11.3 Å². The van der Waals surface area contributed by atoms with Crippen LogP contribution in [-0.2, 0) is 30.3 Å². The normalized spacial score (nSPS) is 15.3. The number of carbonyl (C=O) groups excluding carboxylic acids is 1. The van der Waals surface area contributed by atoms with E-state index in [1.807, 2.05) is 0 Å². The summed E-state index contributed by atoms with van der Waals surface area (Å²) < 4.78 is 0. The first kappa shape index (κ1) is 51.5. The van der Waals surface area contributed by atoms with E-state index in [0.717, 1.165) is 28.6 Å². The van der Waals surface area contributed by atoms with Crippen molar-refractivity contribution < 1.29 is 30.0 Å². The van der Waals surface area contributed by atoms with Crippen LogP contribution >= 0.6 is 0 Å². The Hall–Kier alpha value is -2.81. The Morgan fingerprint density at radius 1 is 0.800 bits per heavy atom. The van der Waals surface area contributed by atoms with Crippen LogP contribution in [0.3, 0.4) is 0 Å². The van der Waals surface area contributed by atoms with Gasteiger partial charge in [0.2, 0.25) is 0 Å². The predicted octanol–water partition coefficient (Wildman–Crippen LogP) is 16.4. The fourth-order valence-corrected chi connectivity index (χ4v) is 11.2. The number of fused-ring (bicyclic) bond motifs is 2. The Labute approximate surface area is 380 Å². The molecule has 3 aromatic carbocycles. The van der Waals surface area contributed by atoms with Crippen LogP contribution < -0.4 is 0 Å². The summed E-state index contributed by atoms with van der Waals surface area (Å²) in [6, 6.07) is 21.9. The minimum absolute atomic E-state index is 0. The van der Waals surface area contributed by atoms with Crippen LogP contribution in [0.2, 0.25) is 0 Å². The van der Waals surface area contributed by atoms with E-state index in [4.69, 9.17) is 4.98 Å². The standard InChI is InChI=1S/C39H50N.C17H32O2.Ir/c1-25(2)23-39(24-26(3)4)16-14-29(15-17-39)33-22-35(40-36-19-27(5)18-28(6)37(33)36)31-20-30-12-10-11-13-32(30)34(21-31)38(7,8)9;1-10(2)16(11(3)4)14(18)9-15(19)17(12(5)6)13(7)8;/h10-13,18-19,21-22,25-26,29H,14-17,23-24H2,1-9H3;9-13,16-18H,1-8H3;/q-1;;/b;14-9-;. The van der Waals surface area contributed by atoms with E-state index >= 15 is 0 Å². The first-order valence-corrected chi connectivity index (χ1v) is 23.3. The zero-order valence-electron chi connectivity index (χ0n) is 40.8. The maximum atomic E-state index is 12.3. The van der Waals surface area contributed by atoms with Gasteiger partial charge in [-0.05, 0) is 127 Å². The maximum Gasteiger partial charge on any atom is 0.162 e. The van der Waals surface area contributed by atoms with Gasteiger partial charge in [0.25, 0.3) is 0 Å². The largest absolute Gasteiger partial charge is 0.512 e. The molecule has 1 heterocycles. The maximum absolute atomic E-state index is 12.3. The molecule has 1 fully saturated rings. The number of nitrogens with zero attached hydrogens (tertiary/aromatic N) is 1. The van der Waals surface area contributed by atoms with Crippen molar-refractivity contribution in [3.8, 4) is 11.3 Å².